The Bertz CT molecular complexity index is 1570. The number of halogens is 1. The van der Waals surface area contributed by atoms with Gasteiger partial charge in [-0.2, -0.15) is 0 Å². The maximum Gasteiger partial charge on any atom is 0.339 e. The number of nitrogens with one attached hydrogen (secondary N) is 3. The van der Waals surface area contributed by atoms with E-state index in [-0.39, 0.29) is 0 Å². The van der Waals surface area contributed by atoms with E-state index in [9.17, 15) is 18.8 Å². The van der Waals surface area contributed by atoms with Crippen molar-refractivity contribution in [2.45, 2.75) is 12.8 Å². The third kappa shape index (κ3) is 5.22. The lowest BCUT2D eigenvalue weighted by atomic mass is 10.0. The number of nitrogens with zero attached hydrogens (tertiary/aromatic N) is 1. The van der Waals surface area contributed by atoms with Gasteiger partial charge < -0.3 is 25.4 Å². The Kier molecular flexibility index (Phi) is 6.84. The lowest BCUT2D eigenvalue weighted by Crippen LogP contribution is -2.35. The number of hydrogen-bond donors (Lipinski definition) is 3. The first-order valence-electron chi connectivity index (χ1n) is 12.2. The molecule has 10 heteroatoms. The van der Waals surface area contributed by atoms with Crippen molar-refractivity contribution in [1.29, 1.82) is 0 Å². The molecule has 1 aliphatic rings. The molecule has 0 radical (unpaired) electrons. The number of anilines is 3. The van der Waals surface area contributed by atoms with E-state index in [1.807, 2.05) is 0 Å². The number of pyridine rings is 1. The number of aromatic nitrogens is 1. The fourth-order valence-corrected chi connectivity index (χ4v) is 4.19. The van der Waals surface area contributed by atoms with Crippen LogP contribution in [0.1, 0.15) is 23.2 Å². The van der Waals surface area contributed by atoms with E-state index in [4.69, 9.17) is 9.47 Å². The van der Waals surface area contributed by atoms with Crippen molar-refractivity contribution in [3.8, 4) is 11.5 Å². The monoisotopic (exact) mass is 528 g/mol. The molecule has 39 heavy (non-hydrogen) atoms. The van der Waals surface area contributed by atoms with E-state index < -0.39 is 29.0 Å². The van der Waals surface area contributed by atoms with E-state index in [0.717, 1.165) is 0 Å². The minimum Gasteiger partial charge on any atom is -0.465 e. The van der Waals surface area contributed by atoms with Crippen LogP contribution in [0.15, 0.2) is 72.9 Å². The van der Waals surface area contributed by atoms with Gasteiger partial charge in [-0.05, 0) is 79.6 Å². The number of methoxy groups -OCH3 is 1. The van der Waals surface area contributed by atoms with Gasteiger partial charge in [0.2, 0.25) is 11.8 Å². The average molecular weight is 529 g/mol. The maximum absolute atomic E-state index is 13.1. The molecular weight excluding hydrogens is 503 g/mol. The van der Waals surface area contributed by atoms with Gasteiger partial charge in [0.05, 0.1) is 23.9 Å². The topological polar surface area (TPSA) is 119 Å². The highest BCUT2D eigenvalue weighted by Gasteiger charge is 2.56. The summed E-state index contributed by atoms with van der Waals surface area (Å²) in [4.78, 5) is 42.4. The standard InChI is InChI=1S/C29H25FN4O5/c1-31-23-16-24-21(15-22(23)26(35)38-2)25(11-14-32-24)39-20-9-7-19(8-10-20)34-28(37)29(12-13-29)27(36)33-18-5-3-17(30)4-6-18/h3-11,14-16,31H,12-13H2,1-2H3,(H,33,36)(H,34,37). The van der Waals surface area contributed by atoms with Crippen LogP contribution < -0.4 is 20.7 Å². The van der Waals surface area contributed by atoms with Crippen molar-refractivity contribution in [2.75, 3.05) is 30.1 Å². The second-order valence-corrected chi connectivity index (χ2v) is 9.09. The van der Waals surface area contributed by atoms with Gasteiger partial charge in [0.15, 0.2) is 0 Å². The zero-order valence-corrected chi connectivity index (χ0v) is 21.2. The smallest absolute Gasteiger partial charge is 0.339 e. The second kappa shape index (κ2) is 10.4. The zero-order valence-electron chi connectivity index (χ0n) is 21.2. The highest BCUT2D eigenvalue weighted by Crippen LogP contribution is 2.47. The van der Waals surface area contributed by atoms with Crippen LogP contribution in [-0.4, -0.2) is 36.9 Å². The largest absolute Gasteiger partial charge is 0.465 e. The molecule has 0 spiro atoms. The van der Waals surface area contributed by atoms with Crippen molar-refractivity contribution in [2.24, 2.45) is 5.41 Å². The first-order valence-corrected chi connectivity index (χ1v) is 12.2. The third-order valence-corrected chi connectivity index (χ3v) is 6.58. The Morgan fingerprint density at radius 2 is 1.51 bits per heavy atom. The van der Waals surface area contributed by atoms with Gasteiger partial charge in [-0.1, -0.05) is 0 Å². The van der Waals surface area contributed by atoms with Crippen LogP contribution in [0.25, 0.3) is 10.9 Å². The molecule has 0 unspecified atom stereocenters. The van der Waals surface area contributed by atoms with Crippen molar-refractivity contribution < 1.29 is 28.2 Å². The summed E-state index contributed by atoms with van der Waals surface area (Å²) in [6.07, 6.45) is 2.45. The number of esters is 1. The summed E-state index contributed by atoms with van der Waals surface area (Å²) in [7, 11) is 3.02. The Morgan fingerprint density at radius 1 is 0.897 bits per heavy atom. The zero-order chi connectivity index (χ0) is 27.6. The molecule has 3 N–H and O–H groups in total. The molecule has 9 nitrogen and oxygen atoms in total. The van der Waals surface area contributed by atoms with Crippen molar-refractivity contribution >= 4 is 45.7 Å². The van der Waals surface area contributed by atoms with Gasteiger partial charge in [0.25, 0.3) is 0 Å². The van der Waals surface area contributed by atoms with Gasteiger partial charge in [-0.15, -0.1) is 0 Å². The van der Waals surface area contributed by atoms with Crippen molar-refractivity contribution in [3.63, 3.8) is 0 Å². The second-order valence-electron chi connectivity index (χ2n) is 9.09. The fraction of sp³-hybridized carbons (Fsp3) is 0.172. The highest BCUT2D eigenvalue weighted by molar-refractivity contribution is 6.17. The number of rotatable bonds is 8. The Morgan fingerprint density at radius 3 is 2.08 bits per heavy atom. The molecule has 0 aliphatic heterocycles. The molecular formula is C29H25FN4O5. The molecule has 5 rings (SSSR count). The molecule has 0 atom stereocenters. The number of hydrogen-bond acceptors (Lipinski definition) is 7. The van der Waals surface area contributed by atoms with Crippen LogP contribution in [0.5, 0.6) is 11.5 Å². The van der Waals surface area contributed by atoms with Crippen LogP contribution in [0.2, 0.25) is 0 Å². The number of amides is 2. The average Bonchev–Trinajstić information content (AvgIpc) is 3.77. The van der Waals surface area contributed by atoms with E-state index in [1.54, 1.807) is 55.7 Å². The number of benzene rings is 3. The molecule has 0 bridgehead atoms. The molecule has 1 saturated carbocycles. The Labute approximate surface area is 223 Å². The minimum absolute atomic E-state index is 0.348. The molecule has 1 aliphatic carbocycles. The van der Waals surface area contributed by atoms with Gasteiger partial charge in [0.1, 0.15) is 22.7 Å². The minimum atomic E-state index is -1.16. The predicted molar refractivity (Wildman–Crippen MR) is 144 cm³/mol. The number of fused-ring (bicyclic) bond motifs is 1. The summed E-state index contributed by atoms with van der Waals surface area (Å²) in [5.74, 6) is -0.760. The maximum atomic E-state index is 13.1. The molecule has 2 amide bonds. The SMILES string of the molecule is CNc1cc2nccc(Oc3ccc(NC(=O)C4(C(=O)Nc5ccc(F)cc5)CC4)cc3)c2cc1C(=O)OC. The first kappa shape index (κ1) is 25.7. The van der Waals surface area contributed by atoms with E-state index >= 15 is 0 Å². The summed E-state index contributed by atoms with van der Waals surface area (Å²) < 4.78 is 24.1. The van der Waals surface area contributed by atoms with Gasteiger partial charge in [-0.25, -0.2) is 9.18 Å². The number of ether oxygens (including phenoxy) is 2. The van der Waals surface area contributed by atoms with Crippen LogP contribution >= 0.6 is 0 Å². The fourth-order valence-electron chi connectivity index (χ4n) is 4.19. The summed E-state index contributed by atoms with van der Waals surface area (Å²) in [6, 6.07) is 17.2. The molecule has 3 aromatic carbocycles. The van der Waals surface area contributed by atoms with Crippen LogP contribution in [0.4, 0.5) is 21.5 Å². The van der Waals surface area contributed by atoms with E-state index in [1.165, 1.54) is 31.4 Å². The summed E-state index contributed by atoms with van der Waals surface area (Å²) in [6.45, 7) is 0. The summed E-state index contributed by atoms with van der Waals surface area (Å²) in [5, 5.41) is 9.08. The molecule has 0 saturated heterocycles. The summed E-state index contributed by atoms with van der Waals surface area (Å²) in [5.41, 5.74) is 1.32. The molecule has 1 fully saturated rings. The van der Waals surface area contributed by atoms with E-state index in [2.05, 4.69) is 20.9 Å². The van der Waals surface area contributed by atoms with Crippen molar-refractivity contribution in [1.82, 2.24) is 4.98 Å². The number of carbonyl (C=O) groups is 3. The Hall–Kier alpha value is -4.99. The molecule has 1 aromatic heterocycles. The van der Waals surface area contributed by atoms with Gasteiger partial charge in [0, 0.05) is 30.0 Å². The first-order chi connectivity index (χ1) is 18.8. The normalized spacial score (nSPS) is 13.3. The number of carbonyl (C=O) groups excluding carboxylic acids is 3. The highest BCUT2D eigenvalue weighted by atomic mass is 19.1. The van der Waals surface area contributed by atoms with Crippen LogP contribution in [-0.2, 0) is 14.3 Å². The van der Waals surface area contributed by atoms with Crippen molar-refractivity contribution in [3.05, 3.63) is 84.3 Å². The lowest BCUT2D eigenvalue weighted by molar-refractivity contribution is -0.131. The van der Waals surface area contributed by atoms with E-state index in [0.29, 0.717) is 57.9 Å². The van der Waals surface area contributed by atoms with Crippen LogP contribution in [0.3, 0.4) is 0 Å². The van der Waals surface area contributed by atoms with Gasteiger partial charge >= 0.3 is 5.97 Å². The molecule has 198 valence electrons. The van der Waals surface area contributed by atoms with Crippen LogP contribution in [0, 0.1) is 11.2 Å². The molecule has 1 heterocycles. The summed E-state index contributed by atoms with van der Waals surface area (Å²) >= 11 is 0. The Balaban J connectivity index is 1.29. The molecule has 4 aromatic rings. The lowest BCUT2D eigenvalue weighted by Gasteiger charge is -2.16. The third-order valence-electron chi connectivity index (χ3n) is 6.58. The van der Waals surface area contributed by atoms with Gasteiger partial charge in [-0.3, -0.25) is 14.6 Å². The quantitative estimate of drug-likeness (QED) is 0.208. The predicted octanol–water partition coefficient (Wildman–Crippen LogP) is 5.35.